The second-order valence-corrected chi connectivity index (χ2v) is 6.46. The number of hydrogen-bond acceptors (Lipinski definition) is 2. The van der Waals surface area contributed by atoms with E-state index in [1.165, 1.54) is 0 Å². The molecule has 1 aromatic heterocycles. The van der Waals surface area contributed by atoms with Gasteiger partial charge < -0.3 is 5.32 Å². The van der Waals surface area contributed by atoms with E-state index in [0.29, 0.717) is 12.0 Å². The first kappa shape index (κ1) is 15.9. The Labute approximate surface area is 139 Å². The molecule has 106 valence electrons. The maximum Gasteiger partial charge on any atom is 0.145 e. The molecule has 0 aliphatic heterocycles. The van der Waals surface area contributed by atoms with Crippen LogP contribution < -0.4 is 5.32 Å². The topological polar surface area (TPSA) is 24.9 Å². The maximum absolute atomic E-state index is 14.0. The van der Waals surface area contributed by atoms with Gasteiger partial charge in [-0.2, -0.15) is 0 Å². The van der Waals surface area contributed by atoms with Crippen molar-refractivity contribution >= 4 is 43.5 Å². The molecule has 1 unspecified atom stereocenters. The molecule has 0 bridgehead atoms. The number of benzene rings is 1. The van der Waals surface area contributed by atoms with Gasteiger partial charge in [0.15, 0.2) is 0 Å². The van der Waals surface area contributed by atoms with Crippen molar-refractivity contribution in [1.29, 1.82) is 0 Å². The van der Waals surface area contributed by atoms with E-state index in [9.17, 15) is 4.39 Å². The lowest BCUT2D eigenvalue weighted by molar-refractivity contribution is 0.543. The highest BCUT2D eigenvalue weighted by Crippen LogP contribution is 2.28. The highest BCUT2D eigenvalue weighted by Gasteiger charge is 2.18. The van der Waals surface area contributed by atoms with Gasteiger partial charge in [0.05, 0.1) is 16.8 Å². The number of nitrogens with zero attached hydrogens (tertiary/aromatic N) is 1. The second-order valence-electron chi connectivity index (χ2n) is 4.28. The highest BCUT2D eigenvalue weighted by atomic mass is 79.9. The fourth-order valence-corrected chi connectivity index (χ4v) is 3.40. The predicted octanol–water partition coefficient (Wildman–Crippen LogP) is 4.90. The first-order valence-corrected chi connectivity index (χ1v) is 7.90. The number of halogens is 4. The Kier molecular flexibility index (Phi) is 5.55. The summed E-state index contributed by atoms with van der Waals surface area (Å²) in [6.07, 6.45) is 2.19. The van der Waals surface area contributed by atoms with E-state index in [1.807, 2.05) is 13.1 Å². The number of likely N-dealkylation sites (N-methyl/N-ethyl adjacent to an activating group) is 1. The quantitative estimate of drug-likeness (QED) is 0.758. The standard InChI is InChI=1S/C14H12Br2ClFN2/c1-19-12(14-10(16)6-9(15)7-20-14)5-8-3-2-4-11(17)13(8)18/h2-4,6-7,12,19H,5H2,1H3. The monoisotopic (exact) mass is 420 g/mol. The molecule has 1 heterocycles. The summed E-state index contributed by atoms with van der Waals surface area (Å²) in [6, 6.07) is 6.84. The molecule has 1 atom stereocenters. The molecule has 0 spiro atoms. The maximum atomic E-state index is 14.0. The van der Waals surface area contributed by atoms with E-state index >= 15 is 0 Å². The fraction of sp³-hybridized carbons (Fsp3) is 0.214. The van der Waals surface area contributed by atoms with Crippen LogP contribution in [0.2, 0.25) is 5.02 Å². The minimum Gasteiger partial charge on any atom is -0.311 e. The van der Waals surface area contributed by atoms with Gasteiger partial charge in [-0.3, -0.25) is 4.98 Å². The SMILES string of the molecule is CNC(Cc1cccc(Cl)c1F)c1ncc(Br)cc1Br. The van der Waals surface area contributed by atoms with Crippen LogP contribution in [0.15, 0.2) is 39.4 Å². The van der Waals surface area contributed by atoms with Gasteiger partial charge in [-0.15, -0.1) is 0 Å². The van der Waals surface area contributed by atoms with Crippen LogP contribution >= 0.6 is 43.5 Å². The van der Waals surface area contributed by atoms with Crippen molar-refractivity contribution in [2.45, 2.75) is 12.5 Å². The largest absolute Gasteiger partial charge is 0.311 e. The Morgan fingerprint density at radius 1 is 1.40 bits per heavy atom. The van der Waals surface area contributed by atoms with Crippen LogP contribution in [0, 0.1) is 5.82 Å². The van der Waals surface area contributed by atoms with Crippen molar-refractivity contribution in [3.05, 3.63) is 61.5 Å². The van der Waals surface area contributed by atoms with Crippen molar-refractivity contribution < 1.29 is 4.39 Å². The average Bonchev–Trinajstić information content (AvgIpc) is 2.41. The van der Waals surface area contributed by atoms with Crippen LogP contribution in [-0.2, 0) is 6.42 Å². The van der Waals surface area contributed by atoms with Crippen LogP contribution in [0.5, 0.6) is 0 Å². The van der Waals surface area contributed by atoms with Gasteiger partial charge in [0.1, 0.15) is 5.82 Å². The molecule has 1 N–H and O–H groups in total. The smallest absolute Gasteiger partial charge is 0.145 e. The summed E-state index contributed by atoms with van der Waals surface area (Å²) in [5, 5.41) is 3.30. The number of hydrogen-bond donors (Lipinski definition) is 1. The van der Waals surface area contributed by atoms with Gasteiger partial charge in [0.2, 0.25) is 0 Å². The zero-order valence-corrected chi connectivity index (χ0v) is 14.6. The van der Waals surface area contributed by atoms with Gasteiger partial charge in [0.25, 0.3) is 0 Å². The van der Waals surface area contributed by atoms with E-state index in [2.05, 4.69) is 42.2 Å². The number of nitrogens with one attached hydrogen (secondary N) is 1. The molecule has 6 heteroatoms. The van der Waals surface area contributed by atoms with Crippen molar-refractivity contribution in [2.75, 3.05) is 7.05 Å². The molecule has 2 rings (SSSR count). The minimum atomic E-state index is -0.373. The van der Waals surface area contributed by atoms with Crippen molar-refractivity contribution in [3.8, 4) is 0 Å². The van der Waals surface area contributed by atoms with Crippen molar-refractivity contribution in [1.82, 2.24) is 10.3 Å². The summed E-state index contributed by atoms with van der Waals surface area (Å²) in [4.78, 5) is 4.39. The van der Waals surface area contributed by atoms with E-state index in [-0.39, 0.29) is 16.9 Å². The summed E-state index contributed by atoms with van der Waals surface area (Å²) < 4.78 is 15.7. The van der Waals surface area contributed by atoms with E-state index in [1.54, 1.807) is 24.4 Å². The van der Waals surface area contributed by atoms with Crippen LogP contribution in [0.25, 0.3) is 0 Å². The third kappa shape index (κ3) is 3.58. The highest BCUT2D eigenvalue weighted by molar-refractivity contribution is 9.11. The van der Waals surface area contributed by atoms with Gasteiger partial charge in [-0.25, -0.2) is 4.39 Å². The minimum absolute atomic E-state index is 0.106. The van der Waals surface area contributed by atoms with Gasteiger partial charge in [-0.1, -0.05) is 23.7 Å². The average molecular weight is 423 g/mol. The Bertz CT molecular complexity index is 622. The number of aromatic nitrogens is 1. The van der Waals surface area contributed by atoms with Crippen LogP contribution in [-0.4, -0.2) is 12.0 Å². The molecule has 2 aromatic rings. The molecule has 20 heavy (non-hydrogen) atoms. The third-order valence-electron chi connectivity index (χ3n) is 2.97. The first-order valence-electron chi connectivity index (χ1n) is 5.94. The second kappa shape index (κ2) is 6.98. The van der Waals surface area contributed by atoms with Gasteiger partial charge in [-0.05, 0) is 63.0 Å². The molecule has 0 saturated heterocycles. The Balaban J connectivity index is 2.31. The fourth-order valence-electron chi connectivity index (χ4n) is 1.94. The lowest BCUT2D eigenvalue weighted by atomic mass is 10.0. The Hall–Kier alpha value is -0.490. The van der Waals surface area contributed by atoms with E-state index in [0.717, 1.165) is 14.6 Å². The molecular formula is C14H12Br2ClFN2. The number of pyridine rings is 1. The lowest BCUT2D eigenvalue weighted by Gasteiger charge is -2.18. The summed E-state index contributed by atoms with van der Waals surface area (Å²) in [5.41, 5.74) is 1.39. The molecule has 0 saturated carbocycles. The van der Waals surface area contributed by atoms with E-state index in [4.69, 9.17) is 11.6 Å². The first-order chi connectivity index (χ1) is 9.52. The Morgan fingerprint density at radius 3 is 2.80 bits per heavy atom. The van der Waals surface area contributed by atoms with Gasteiger partial charge in [0, 0.05) is 15.1 Å². The zero-order chi connectivity index (χ0) is 14.7. The summed E-state index contributed by atoms with van der Waals surface area (Å²) in [5.74, 6) is -0.373. The molecule has 0 amide bonds. The van der Waals surface area contributed by atoms with Crippen molar-refractivity contribution in [3.63, 3.8) is 0 Å². The molecule has 2 nitrogen and oxygen atoms in total. The van der Waals surface area contributed by atoms with E-state index < -0.39 is 0 Å². The Morgan fingerprint density at radius 2 is 2.15 bits per heavy atom. The lowest BCUT2D eigenvalue weighted by Crippen LogP contribution is -2.21. The molecular weight excluding hydrogens is 410 g/mol. The predicted molar refractivity (Wildman–Crippen MR) is 86.6 cm³/mol. The summed E-state index contributed by atoms with van der Waals surface area (Å²) in [7, 11) is 1.82. The van der Waals surface area contributed by atoms with Crippen LogP contribution in [0.4, 0.5) is 4.39 Å². The molecule has 0 aliphatic rings. The molecule has 0 radical (unpaired) electrons. The van der Waals surface area contributed by atoms with Gasteiger partial charge >= 0.3 is 0 Å². The summed E-state index contributed by atoms with van der Waals surface area (Å²) >= 11 is 12.7. The van der Waals surface area contributed by atoms with Crippen molar-refractivity contribution in [2.24, 2.45) is 0 Å². The third-order valence-corrected chi connectivity index (χ3v) is 4.33. The van der Waals surface area contributed by atoms with Crippen LogP contribution in [0.3, 0.4) is 0 Å². The normalized spacial score (nSPS) is 12.4. The van der Waals surface area contributed by atoms with Crippen LogP contribution in [0.1, 0.15) is 17.3 Å². The number of rotatable bonds is 4. The molecule has 0 fully saturated rings. The zero-order valence-electron chi connectivity index (χ0n) is 10.6. The summed E-state index contributed by atoms with van der Waals surface area (Å²) in [6.45, 7) is 0. The molecule has 1 aromatic carbocycles. The molecule has 0 aliphatic carbocycles.